The van der Waals surface area contributed by atoms with Crippen LogP contribution in [0.1, 0.15) is 43.8 Å². The zero-order valence-electron chi connectivity index (χ0n) is 9.54. The molecule has 1 N–H and O–H groups in total. The molecule has 1 heterocycles. The van der Waals surface area contributed by atoms with Gasteiger partial charge in [-0.05, 0) is 32.1 Å². The van der Waals surface area contributed by atoms with E-state index in [1.807, 2.05) is 0 Å². The zero-order valence-corrected chi connectivity index (χ0v) is 9.54. The molecule has 1 aromatic rings. The van der Waals surface area contributed by atoms with Crippen LogP contribution in [0.5, 0.6) is 0 Å². The van der Waals surface area contributed by atoms with Gasteiger partial charge in [0.1, 0.15) is 17.7 Å². The Morgan fingerprint density at radius 3 is 2.65 bits per heavy atom. The van der Waals surface area contributed by atoms with Gasteiger partial charge < -0.3 is 9.67 Å². The van der Waals surface area contributed by atoms with Crippen LogP contribution in [0, 0.1) is 0 Å². The third-order valence-electron chi connectivity index (χ3n) is 3.99. The van der Waals surface area contributed by atoms with Crippen LogP contribution in [0.25, 0.3) is 0 Å². The molecule has 1 aromatic heterocycles. The zero-order chi connectivity index (χ0) is 11.9. The van der Waals surface area contributed by atoms with Gasteiger partial charge in [-0.15, -0.1) is 10.2 Å². The quantitative estimate of drug-likeness (QED) is 0.806. The highest BCUT2D eigenvalue weighted by atomic mass is 16.4. The van der Waals surface area contributed by atoms with Gasteiger partial charge in [-0.3, -0.25) is 0 Å². The second kappa shape index (κ2) is 3.68. The topological polar surface area (TPSA) is 68.0 Å². The van der Waals surface area contributed by atoms with Crippen LogP contribution in [-0.4, -0.2) is 25.8 Å². The summed E-state index contributed by atoms with van der Waals surface area (Å²) in [5.41, 5.74) is -0.776. The van der Waals surface area contributed by atoms with E-state index in [0.29, 0.717) is 18.8 Å². The number of rotatable bonds is 3. The molecule has 0 unspecified atom stereocenters. The van der Waals surface area contributed by atoms with Crippen molar-refractivity contribution in [1.29, 1.82) is 0 Å². The van der Waals surface area contributed by atoms with Crippen LogP contribution in [0.4, 0.5) is 0 Å². The highest BCUT2D eigenvalue weighted by Crippen LogP contribution is 2.42. The van der Waals surface area contributed by atoms with E-state index >= 15 is 0 Å². The number of carboxylic acid groups (broad SMARTS) is 1. The summed E-state index contributed by atoms with van der Waals surface area (Å²) < 4.78 is 1.80. The lowest BCUT2D eigenvalue weighted by Gasteiger charge is -2.39. The van der Waals surface area contributed by atoms with Crippen molar-refractivity contribution >= 4 is 5.97 Å². The fourth-order valence-corrected chi connectivity index (χ4v) is 2.75. The normalized spacial score (nSPS) is 22.6. The van der Waals surface area contributed by atoms with Crippen molar-refractivity contribution in [2.75, 3.05) is 0 Å². The van der Waals surface area contributed by atoms with Crippen molar-refractivity contribution in [3.63, 3.8) is 0 Å². The SMILES string of the molecule is O=C(O)C1(n2cnnc2C2CC=CC2)CCC1. The molecule has 0 spiro atoms. The lowest BCUT2D eigenvalue weighted by molar-refractivity contribution is -0.152. The van der Waals surface area contributed by atoms with Crippen molar-refractivity contribution in [2.24, 2.45) is 0 Å². The van der Waals surface area contributed by atoms with Gasteiger partial charge in [0.15, 0.2) is 0 Å². The van der Waals surface area contributed by atoms with Gasteiger partial charge in [-0.25, -0.2) is 4.79 Å². The maximum absolute atomic E-state index is 11.5. The maximum Gasteiger partial charge on any atom is 0.329 e. The van der Waals surface area contributed by atoms with Crippen LogP contribution >= 0.6 is 0 Å². The highest BCUT2D eigenvalue weighted by Gasteiger charge is 2.48. The van der Waals surface area contributed by atoms with Crippen LogP contribution in [-0.2, 0) is 10.3 Å². The van der Waals surface area contributed by atoms with Crippen molar-refractivity contribution in [3.05, 3.63) is 24.3 Å². The Kier molecular flexibility index (Phi) is 2.28. The van der Waals surface area contributed by atoms with E-state index in [1.54, 1.807) is 10.9 Å². The summed E-state index contributed by atoms with van der Waals surface area (Å²) in [6.45, 7) is 0. The first-order valence-electron chi connectivity index (χ1n) is 6.03. The molecule has 0 atom stereocenters. The average Bonchev–Trinajstić information content (AvgIpc) is 2.82. The number of hydrogen-bond acceptors (Lipinski definition) is 3. The molecule has 0 amide bonds. The van der Waals surface area contributed by atoms with E-state index in [-0.39, 0.29) is 0 Å². The predicted molar refractivity (Wildman–Crippen MR) is 60.6 cm³/mol. The van der Waals surface area contributed by atoms with Crippen LogP contribution < -0.4 is 0 Å². The monoisotopic (exact) mass is 233 g/mol. The molecule has 0 aromatic carbocycles. The second-order valence-electron chi connectivity index (χ2n) is 4.89. The molecule has 1 fully saturated rings. The lowest BCUT2D eigenvalue weighted by Crippen LogP contribution is -2.48. The van der Waals surface area contributed by atoms with Gasteiger partial charge in [-0.2, -0.15) is 0 Å². The number of allylic oxidation sites excluding steroid dienone is 2. The first-order valence-corrected chi connectivity index (χ1v) is 6.03. The standard InChI is InChI=1S/C12H15N3O2/c16-11(17)12(6-3-7-12)15-8-13-14-10(15)9-4-1-2-5-9/h1-2,8-9H,3-7H2,(H,16,17). The van der Waals surface area contributed by atoms with E-state index in [9.17, 15) is 9.90 Å². The lowest BCUT2D eigenvalue weighted by atomic mass is 9.76. The fraction of sp³-hybridized carbons (Fsp3) is 0.583. The molecule has 0 radical (unpaired) electrons. The summed E-state index contributed by atoms with van der Waals surface area (Å²) in [5, 5.41) is 17.5. The van der Waals surface area contributed by atoms with Gasteiger partial charge in [0.2, 0.25) is 0 Å². The summed E-state index contributed by atoms with van der Waals surface area (Å²) in [4.78, 5) is 11.5. The minimum Gasteiger partial charge on any atom is -0.479 e. The Morgan fingerprint density at radius 2 is 2.12 bits per heavy atom. The Labute approximate surface area is 99.2 Å². The third-order valence-corrected chi connectivity index (χ3v) is 3.99. The first-order chi connectivity index (χ1) is 8.24. The Morgan fingerprint density at radius 1 is 1.41 bits per heavy atom. The van der Waals surface area contributed by atoms with Crippen molar-refractivity contribution in [2.45, 2.75) is 43.6 Å². The predicted octanol–water partition coefficient (Wildman–Crippen LogP) is 1.68. The number of carbonyl (C=O) groups is 1. The summed E-state index contributed by atoms with van der Waals surface area (Å²) in [6.07, 6.45) is 10.0. The molecular formula is C12H15N3O2. The van der Waals surface area contributed by atoms with Gasteiger partial charge in [0.05, 0.1) is 0 Å². The molecule has 2 aliphatic rings. The first kappa shape index (κ1) is 10.5. The van der Waals surface area contributed by atoms with E-state index < -0.39 is 11.5 Å². The number of carboxylic acids is 1. The summed E-state index contributed by atoms with van der Waals surface area (Å²) >= 11 is 0. The Balaban J connectivity index is 1.97. The molecule has 90 valence electrons. The summed E-state index contributed by atoms with van der Waals surface area (Å²) in [5.74, 6) is 0.377. The van der Waals surface area contributed by atoms with Gasteiger partial charge in [0.25, 0.3) is 0 Å². The van der Waals surface area contributed by atoms with Crippen LogP contribution in [0.15, 0.2) is 18.5 Å². The van der Waals surface area contributed by atoms with E-state index in [1.165, 1.54) is 0 Å². The molecule has 0 aliphatic heterocycles. The van der Waals surface area contributed by atoms with E-state index in [4.69, 9.17) is 0 Å². The summed E-state index contributed by atoms with van der Waals surface area (Å²) in [7, 11) is 0. The molecule has 3 rings (SSSR count). The van der Waals surface area contributed by atoms with Crippen molar-refractivity contribution in [3.8, 4) is 0 Å². The Hall–Kier alpha value is -1.65. The minimum absolute atomic E-state index is 0.300. The fourth-order valence-electron chi connectivity index (χ4n) is 2.75. The van der Waals surface area contributed by atoms with Crippen molar-refractivity contribution in [1.82, 2.24) is 14.8 Å². The van der Waals surface area contributed by atoms with Gasteiger partial charge in [-0.1, -0.05) is 12.2 Å². The molecule has 1 saturated carbocycles. The highest BCUT2D eigenvalue weighted by molar-refractivity contribution is 5.78. The average molecular weight is 233 g/mol. The number of nitrogens with zero attached hydrogens (tertiary/aromatic N) is 3. The molecule has 0 saturated heterocycles. The molecular weight excluding hydrogens is 218 g/mol. The Bertz CT molecular complexity index is 466. The summed E-state index contributed by atoms with van der Waals surface area (Å²) in [6, 6.07) is 0. The minimum atomic E-state index is -0.776. The molecule has 5 heteroatoms. The van der Waals surface area contributed by atoms with Crippen LogP contribution in [0.2, 0.25) is 0 Å². The van der Waals surface area contributed by atoms with Crippen molar-refractivity contribution < 1.29 is 9.90 Å². The molecule has 2 aliphatic carbocycles. The molecule has 17 heavy (non-hydrogen) atoms. The smallest absolute Gasteiger partial charge is 0.329 e. The van der Waals surface area contributed by atoms with Gasteiger partial charge >= 0.3 is 5.97 Å². The molecule has 5 nitrogen and oxygen atoms in total. The van der Waals surface area contributed by atoms with Gasteiger partial charge in [0, 0.05) is 5.92 Å². The number of aromatic nitrogens is 3. The third kappa shape index (κ3) is 1.41. The van der Waals surface area contributed by atoms with E-state index in [2.05, 4.69) is 22.3 Å². The largest absolute Gasteiger partial charge is 0.479 e. The maximum atomic E-state index is 11.5. The molecule has 0 bridgehead atoms. The second-order valence-corrected chi connectivity index (χ2v) is 4.89. The number of hydrogen-bond donors (Lipinski definition) is 1. The van der Waals surface area contributed by atoms with E-state index in [0.717, 1.165) is 25.1 Å². The van der Waals surface area contributed by atoms with Crippen LogP contribution in [0.3, 0.4) is 0 Å². The number of aliphatic carboxylic acids is 1.